The summed E-state index contributed by atoms with van der Waals surface area (Å²) in [7, 11) is 0. The number of pyridine rings is 1. The Labute approximate surface area is 83.8 Å². The van der Waals surface area contributed by atoms with Crippen LogP contribution in [0.25, 0.3) is 10.9 Å². The highest BCUT2D eigenvalue weighted by Gasteiger charge is 1.97. The van der Waals surface area contributed by atoms with Crippen molar-refractivity contribution in [1.82, 2.24) is 4.98 Å². The summed E-state index contributed by atoms with van der Waals surface area (Å²) in [5.74, 6) is 0. The van der Waals surface area contributed by atoms with Gasteiger partial charge in [-0.2, -0.15) is 0 Å². The summed E-state index contributed by atoms with van der Waals surface area (Å²) < 4.78 is 0. The van der Waals surface area contributed by atoms with E-state index in [1.165, 1.54) is 10.9 Å². The quantitative estimate of drug-likeness (QED) is 0.781. The second kappa shape index (κ2) is 3.76. The first-order valence-electron chi connectivity index (χ1n) is 4.91. The van der Waals surface area contributed by atoms with E-state index in [1.807, 2.05) is 6.20 Å². The maximum absolute atomic E-state index is 5.57. The second-order valence-corrected chi connectivity index (χ2v) is 3.43. The number of hydrogen-bond donors (Lipinski definition) is 1. The highest BCUT2D eigenvalue weighted by Crippen LogP contribution is 2.15. The van der Waals surface area contributed by atoms with E-state index < -0.39 is 0 Å². The predicted octanol–water partition coefficient (Wildman–Crippen LogP) is 2.26. The van der Waals surface area contributed by atoms with Gasteiger partial charge in [-0.15, -0.1) is 0 Å². The number of aromatic nitrogens is 1. The Morgan fingerprint density at radius 2 is 2.00 bits per heavy atom. The van der Waals surface area contributed by atoms with Gasteiger partial charge in [0.25, 0.3) is 0 Å². The predicted molar refractivity (Wildman–Crippen MR) is 59.0 cm³/mol. The van der Waals surface area contributed by atoms with Crippen LogP contribution < -0.4 is 5.73 Å². The van der Waals surface area contributed by atoms with E-state index in [0.29, 0.717) is 6.54 Å². The van der Waals surface area contributed by atoms with Crippen LogP contribution in [0.15, 0.2) is 30.5 Å². The number of benzene rings is 1. The Morgan fingerprint density at radius 1 is 1.21 bits per heavy atom. The molecule has 0 bridgehead atoms. The van der Waals surface area contributed by atoms with Crippen LogP contribution in [-0.4, -0.2) is 4.98 Å². The summed E-state index contributed by atoms with van der Waals surface area (Å²) >= 11 is 0. The summed E-state index contributed by atoms with van der Waals surface area (Å²) in [4.78, 5) is 4.35. The van der Waals surface area contributed by atoms with Gasteiger partial charge in [-0.25, -0.2) is 0 Å². The molecule has 2 nitrogen and oxygen atoms in total. The molecule has 1 aromatic carbocycles. The first kappa shape index (κ1) is 9.16. The molecule has 0 fully saturated rings. The SMILES string of the molecule is CCc1ccc2ncc(CN)cc2c1. The molecule has 0 saturated heterocycles. The third kappa shape index (κ3) is 1.61. The summed E-state index contributed by atoms with van der Waals surface area (Å²) in [6.07, 6.45) is 2.90. The van der Waals surface area contributed by atoms with Gasteiger partial charge in [-0.3, -0.25) is 4.98 Å². The Kier molecular flexibility index (Phi) is 2.46. The van der Waals surface area contributed by atoms with Crippen LogP contribution >= 0.6 is 0 Å². The minimum absolute atomic E-state index is 0.555. The topological polar surface area (TPSA) is 38.9 Å². The Bertz CT molecular complexity index is 410. The van der Waals surface area contributed by atoms with Crippen molar-refractivity contribution >= 4 is 10.9 Å². The summed E-state index contributed by atoms with van der Waals surface area (Å²) in [6, 6.07) is 8.48. The van der Waals surface area contributed by atoms with Crippen molar-refractivity contribution in [3.05, 3.63) is 41.6 Å². The van der Waals surface area contributed by atoms with Gasteiger partial charge in [0, 0.05) is 18.1 Å². The highest BCUT2D eigenvalue weighted by molar-refractivity contribution is 5.79. The smallest absolute Gasteiger partial charge is 0.0702 e. The van der Waals surface area contributed by atoms with Crippen molar-refractivity contribution < 1.29 is 0 Å². The van der Waals surface area contributed by atoms with E-state index in [1.54, 1.807) is 0 Å². The van der Waals surface area contributed by atoms with Gasteiger partial charge < -0.3 is 5.73 Å². The molecule has 2 rings (SSSR count). The molecule has 2 N–H and O–H groups in total. The van der Waals surface area contributed by atoms with Crippen LogP contribution in [0.5, 0.6) is 0 Å². The Hall–Kier alpha value is -1.41. The fourth-order valence-corrected chi connectivity index (χ4v) is 1.56. The van der Waals surface area contributed by atoms with Crippen LogP contribution in [0, 0.1) is 0 Å². The van der Waals surface area contributed by atoms with E-state index in [2.05, 4.69) is 36.2 Å². The zero-order valence-corrected chi connectivity index (χ0v) is 8.33. The maximum atomic E-state index is 5.57. The molecular formula is C12H14N2. The molecule has 0 aliphatic heterocycles. The maximum Gasteiger partial charge on any atom is 0.0702 e. The van der Waals surface area contributed by atoms with Crippen molar-refractivity contribution in [3.8, 4) is 0 Å². The van der Waals surface area contributed by atoms with Gasteiger partial charge in [0.2, 0.25) is 0 Å². The highest BCUT2D eigenvalue weighted by atomic mass is 14.7. The fraction of sp³-hybridized carbons (Fsp3) is 0.250. The molecule has 0 unspecified atom stereocenters. The Balaban J connectivity index is 2.60. The fourth-order valence-electron chi connectivity index (χ4n) is 1.56. The number of fused-ring (bicyclic) bond motifs is 1. The van der Waals surface area contributed by atoms with Crippen LogP contribution in [0.3, 0.4) is 0 Å². The van der Waals surface area contributed by atoms with Crippen molar-refractivity contribution in [2.24, 2.45) is 5.73 Å². The lowest BCUT2D eigenvalue weighted by atomic mass is 10.1. The van der Waals surface area contributed by atoms with E-state index in [0.717, 1.165) is 17.5 Å². The molecule has 0 aliphatic carbocycles. The van der Waals surface area contributed by atoms with Crippen molar-refractivity contribution in [1.29, 1.82) is 0 Å². The largest absolute Gasteiger partial charge is 0.326 e. The molecule has 72 valence electrons. The number of aryl methyl sites for hydroxylation is 1. The summed E-state index contributed by atoms with van der Waals surface area (Å²) in [5, 5.41) is 1.19. The van der Waals surface area contributed by atoms with Crippen LogP contribution in [-0.2, 0) is 13.0 Å². The zero-order chi connectivity index (χ0) is 9.97. The molecule has 14 heavy (non-hydrogen) atoms. The van der Waals surface area contributed by atoms with Gasteiger partial charge in [0.1, 0.15) is 0 Å². The molecule has 1 heterocycles. The van der Waals surface area contributed by atoms with Gasteiger partial charge in [0.15, 0.2) is 0 Å². The molecule has 0 aliphatic rings. The summed E-state index contributed by atoms with van der Waals surface area (Å²) in [5.41, 5.74) is 9.04. The van der Waals surface area contributed by atoms with E-state index in [4.69, 9.17) is 5.73 Å². The average molecular weight is 186 g/mol. The lowest BCUT2D eigenvalue weighted by Gasteiger charge is -2.02. The lowest BCUT2D eigenvalue weighted by Crippen LogP contribution is -1.96. The molecule has 0 atom stereocenters. The lowest BCUT2D eigenvalue weighted by molar-refractivity contribution is 1.06. The van der Waals surface area contributed by atoms with Crippen LogP contribution in [0.4, 0.5) is 0 Å². The zero-order valence-electron chi connectivity index (χ0n) is 8.33. The van der Waals surface area contributed by atoms with Gasteiger partial charge in [-0.05, 0) is 35.7 Å². The van der Waals surface area contributed by atoms with Crippen molar-refractivity contribution in [2.75, 3.05) is 0 Å². The van der Waals surface area contributed by atoms with Crippen molar-refractivity contribution in [3.63, 3.8) is 0 Å². The monoisotopic (exact) mass is 186 g/mol. The van der Waals surface area contributed by atoms with Gasteiger partial charge >= 0.3 is 0 Å². The normalized spacial score (nSPS) is 10.7. The molecule has 1 aromatic heterocycles. The van der Waals surface area contributed by atoms with Gasteiger partial charge in [0.05, 0.1) is 5.52 Å². The van der Waals surface area contributed by atoms with E-state index in [9.17, 15) is 0 Å². The number of nitrogens with two attached hydrogens (primary N) is 1. The molecule has 0 spiro atoms. The number of nitrogens with zero attached hydrogens (tertiary/aromatic N) is 1. The molecule has 2 heteroatoms. The molecule has 0 amide bonds. The van der Waals surface area contributed by atoms with E-state index >= 15 is 0 Å². The molecular weight excluding hydrogens is 172 g/mol. The minimum atomic E-state index is 0.555. The Morgan fingerprint density at radius 3 is 2.71 bits per heavy atom. The number of rotatable bonds is 2. The standard InChI is InChI=1S/C12H14N2/c1-2-9-3-4-12-11(5-9)6-10(7-13)8-14-12/h3-6,8H,2,7,13H2,1H3. The number of hydrogen-bond acceptors (Lipinski definition) is 2. The third-order valence-corrected chi connectivity index (χ3v) is 2.45. The molecule has 2 aromatic rings. The van der Waals surface area contributed by atoms with Crippen LogP contribution in [0.2, 0.25) is 0 Å². The summed E-state index contributed by atoms with van der Waals surface area (Å²) in [6.45, 7) is 2.71. The van der Waals surface area contributed by atoms with Gasteiger partial charge in [-0.1, -0.05) is 13.0 Å². The first-order valence-corrected chi connectivity index (χ1v) is 4.91. The third-order valence-electron chi connectivity index (χ3n) is 2.45. The first-order chi connectivity index (χ1) is 6.83. The molecule has 0 radical (unpaired) electrons. The minimum Gasteiger partial charge on any atom is -0.326 e. The van der Waals surface area contributed by atoms with E-state index in [-0.39, 0.29) is 0 Å². The van der Waals surface area contributed by atoms with Crippen LogP contribution in [0.1, 0.15) is 18.1 Å². The molecule has 0 saturated carbocycles. The average Bonchev–Trinajstić information content (AvgIpc) is 2.27. The second-order valence-electron chi connectivity index (χ2n) is 3.43. The van der Waals surface area contributed by atoms with Crippen molar-refractivity contribution in [2.45, 2.75) is 19.9 Å².